The van der Waals surface area contributed by atoms with Gasteiger partial charge in [-0.05, 0) is 26.2 Å². The molecular formula is C9H18O. The lowest BCUT2D eigenvalue weighted by molar-refractivity contribution is 0.180. The maximum atomic E-state index is 8.89. The van der Waals surface area contributed by atoms with Crippen LogP contribution in [0.25, 0.3) is 0 Å². The molecule has 10 heavy (non-hydrogen) atoms. The molecule has 0 aromatic carbocycles. The molecule has 0 aliphatic heterocycles. The van der Waals surface area contributed by atoms with Crippen molar-refractivity contribution < 1.29 is 5.11 Å². The predicted molar refractivity (Wildman–Crippen MR) is 45.0 cm³/mol. The van der Waals surface area contributed by atoms with E-state index >= 15 is 0 Å². The van der Waals surface area contributed by atoms with Crippen molar-refractivity contribution in [1.29, 1.82) is 0 Å². The minimum Gasteiger partial charge on any atom is -0.393 e. The zero-order chi connectivity index (χ0) is 7.82. The van der Waals surface area contributed by atoms with Crippen LogP contribution in [0.2, 0.25) is 0 Å². The quantitative estimate of drug-likeness (QED) is 0.446. The van der Waals surface area contributed by atoms with E-state index in [2.05, 4.69) is 6.58 Å². The van der Waals surface area contributed by atoms with Gasteiger partial charge in [-0.3, -0.25) is 0 Å². The van der Waals surface area contributed by atoms with Crippen LogP contribution in [0.1, 0.15) is 39.0 Å². The van der Waals surface area contributed by atoms with Crippen molar-refractivity contribution in [1.82, 2.24) is 0 Å². The zero-order valence-electron chi connectivity index (χ0n) is 6.84. The molecule has 0 aromatic rings. The summed E-state index contributed by atoms with van der Waals surface area (Å²) in [7, 11) is 0. The average Bonchev–Trinajstić information content (AvgIpc) is 1.87. The summed E-state index contributed by atoms with van der Waals surface area (Å²) in [6, 6.07) is 0. The van der Waals surface area contributed by atoms with Crippen LogP contribution in [-0.2, 0) is 0 Å². The van der Waals surface area contributed by atoms with E-state index in [4.69, 9.17) is 5.11 Å². The Bertz CT molecular complexity index is 76.8. The third-order valence-electron chi connectivity index (χ3n) is 1.53. The molecule has 0 aliphatic carbocycles. The minimum atomic E-state index is -0.122. The Morgan fingerprint density at radius 3 is 2.60 bits per heavy atom. The van der Waals surface area contributed by atoms with Crippen LogP contribution in [0.3, 0.4) is 0 Å². The summed E-state index contributed by atoms with van der Waals surface area (Å²) in [6.07, 6.45) is 7.46. The molecule has 0 spiro atoms. The Morgan fingerprint density at radius 1 is 1.40 bits per heavy atom. The lowest BCUT2D eigenvalue weighted by Crippen LogP contribution is -1.97. The molecule has 0 radical (unpaired) electrons. The molecule has 1 unspecified atom stereocenters. The van der Waals surface area contributed by atoms with Crippen molar-refractivity contribution in [3.63, 3.8) is 0 Å². The van der Waals surface area contributed by atoms with Gasteiger partial charge < -0.3 is 5.11 Å². The van der Waals surface area contributed by atoms with Crippen LogP contribution in [-0.4, -0.2) is 11.2 Å². The Hall–Kier alpha value is -0.300. The van der Waals surface area contributed by atoms with Crippen LogP contribution < -0.4 is 0 Å². The summed E-state index contributed by atoms with van der Waals surface area (Å²) in [6.45, 7) is 5.48. The third-order valence-corrected chi connectivity index (χ3v) is 1.53. The van der Waals surface area contributed by atoms with Crippen molar-refractivity contribution in [2.24, 2.45) is 0 Å². The molecule has 1 heteroatoms. The smallest absolute Gasteiger partial charge is 0.0512 e. The van der Waals surface area contributed by atoms with Gasteiger partial charge in [0.15, 0.2) is 0 Å². The second-order valence-electron chi connectivity index (χ2n) is 2.78. The van der Waals surface area contributed by atoms with Crippen molar-refractivity contribution >= 4 is 0 Å². The molecule has 0 bridgehead atoms. The minimum absolute atomic E-state index is 0.122. The van der Waals surface area contributed by atoms with Gasteiger partial charge in [-0.25, -0.2) is 0 Å². The van der Waals surface area contributed by atoms with Gasteiger partial charge in [-0.2, -0.15) is 0 Å². The van der Waals surface area contributed by atoms with E-state index in [1.54, 1.807) is 0 Å². The van der Waals surface area contributed by atoms with Gasteiger partial charge in [0.05, 0.1) is 6.10 Å². The molecular weight excluding hydrogens is 124 g/mol. The van der Waals surface area contributed by atoms with Gasteiger partial charge in [0.25, 0.3) is 0 Å². The lowest BCUT2D eigenvalue weighted by Gasteiger charge is -2.01. The summed E-state index contributed by atoms with van der Waals surface area (Å²) in [5.41, 5.74) is 0. The largest absolute Gasteiger partial charge is 0.393 e. The van der Waals surface area contributed by atoms with Crippen molar-refractivity contribution in [3.8, 4) is 0 Å². The molecule has 0 amide bonds. The van der Waals surface area contributed by atoms with Gasteiger partial charge in [0, 0.05) is 0 Å². The SMILES string of the molecule is C=CCCCCCC(C)O. The van der Waals surface area contributed by atoms with Crippen LogP contribution in [0, 0.1) is 0 Å². The number of rotatable bonds is 6. The number of allylic oxidation sites excluding steroid dienone is 1. The number of unbranched alkanes of at least 4 members (excludes halogenated alkanes) is 3. The molecule has 0 rings (SSSR count). The van der Waals surface area contributed by atoms with E-state index in [9.17, 15) is 0 Å². The van der Waals surface area contributed by atoms with Crippen molar-refractivity contribution in [2.75, 3.05) is 0 Å². The van der Waals surface area contributed by atoms with Crippen LogP contribution >= 0.6 is 0 Å². The maximum Gasteiger partial charge on any atom is 0.0512 e. The Morgan fingerprint density at radius 2 is 2.10 bits per heavy atom. The van der Waals surface area contributed by atoms with Gasteiger partial charge in [-0.15, -0.1) is 6.58 Å². The molecule has 1 N–H and O–H groups in total. The van der Waals surface area contributed by atoms with E-state index in [-0.39, 0.29) is 6.10 Å². The van der Waals surface area contributed by atoms with Gasteiger partial charge >= 0.3 is 0 Å². The standard InChI is InChI=1S/C9H18O/c1-3-4-5-6-7-8-9(2)10/h3,9-10H,1,4-8H2,2H3. The van der Waals surface area contributed by atoms with E-state index in [0.29, 0.717) is 0 Å². The van der Waals surface area contributed by atoms with Gasteiger partial charge in [-0.1, -0.05) is 18.9 Å². The molecule has 0 aliphatic rings. The van der Waals surface area contributed by atoms with E-state index in [0.717, 1.165) is 19.3 Å². The molecule has 1 atom stereocenters. The fraction of sp³-hybridized carbons (Fsp3) is 0.778. The Kier molecular flexibility index (Phi) is 6.61. The number of aliphatic hydroxyl groups excluding tert-OH is 1. The summed E-state index contributed by atoms with van der Waals surface area (Å²) in [5, 5.41) is 8.89. The predicted octanol–water partition coefficient (Wildman–Crippen LogP) is 2.50. The van der Waals surface area contributed by atoms with E-state index in [1.807, 2.05) is 13.0 Å². The number of hydrogen-bond acceptors (Lipinski definition) is 1. The molecule has 0 heterocycles. The first-order valence-corrected chi connectivity index (χ1v) is 4.06. The van der Waals surface area contributed by atoms with Crippen LogP contribution in [0.5, 0.6) is 0 Å². The monoisotopic (exact) mass is 142 g/mol. The van der Waals surface area contributed by atoms with Crippen molar-refractivity contribution in [3.05, 3.63) is 12.7 Å². The highest BCUT2D eigenvalue weighted by Gasteiger charge is 1.93. The fourth-order valence-electron chi connectivity index (χ4n) is 0.905. The first-order chi connectivity index (χ1) is 4.77. The second-order valence-corrected chi connectivity index (χ2v) is 2.78. The maximum absolute atomic E-state index is 8.89. The highest BCUT2D eigenvalue weighted by molar-refractivity contribution is 4.65. The van der Waals surface area contributed by atoms with E-state index in [1.165, 1.54) is 12.8 Å². The molecule has 60 valence electrons. The third kappa shape index (κ3) is 7.70. The van der Waals surface area contributed by atoms with Crippen LogP contribution in [0.4, 0.5) is 0 Å². The second kappa shape index (κ2) is 6.81. The number of aliphatic hydroxyl groups is 1. The molecule has 0 aromatic heterocycles. The highest BCUT2D eigenvalue weighted by atomic mass is 16.3. The molecule has 0 saturated carbocycles. The summed E-state index contributed by atoms with van der Waals surface area (Å²) >= 11 is 0. The lowest BCUT2D eigenvalue weighted by atomic mass is 10.1. The highest BCUT2D eigenvalue weighted by Crippen LogP contribution is 2.05. The fourth-order valence-corrected chi connectivity index (χ4v) is 0.905. The Balaban J connectivity index is 2.83. The topological polar surface area (TPSA) is 20.2 Å². The normalized spacial score (nSPS) is 13.0. The summed E-state index contributed by atoms with van der Waals surface area (Å²) in [4.78, 5) is 0. The Labute approximate surface area is 63.8 Å². The van der Waals surface area contributed by atoms with Crippen molar-refractivity contribution in [2.45, 2.75) is 45.1 Å². The van der Waals surface area contributed by atoms with Crippen LogP contribution in [0.15, 0.2) is 12.7 Å². The van der Waals surface area contributed by atoms with E-state index < -0.39 is 0 Å². The molecule has 1 nitrogen and oxygen atoms in total. The average molecular weight is 142 g/mol. The summed E-state index contributed by atoms with van der Waals surface area (Å²) in [5.74, 6) is 0. The first kappa shape index (κ1) is 9.70. The first-order valence-electron chi connectivity index (χ1n) is 4.06. The molecule has 0 saturated heterocycles. The summed E-state index contributed by atoms with van der Waals surface area (Å²) < 4.78 is 0. The van der Waals surface area contributed by atoms with Gasteiger partial charge in [0.1, 0.15) is 0 Å². The van der Waals surface area contributed by atoms with Gasteiger partial charge in [0.2, 0.25) is 0 Å². The molecule has 0 fully saturated rings. The zero-order valence-corrected chi connectivity index (χ0v) is 6.84. The number of hydrogen-bond donors (Lipinski definition) is 1.